The Morgan fingerprint density at radius 1 is 1.16 bits per heavy atom. The first-order chi connectivity index (χ1) is 20.1. The van der Waals surface area contributed by atoms with Crippen LogP contribution in [0.3, 0.4) is 0 Å². The number of likely N-dealkylation sites (tertiary alicyclic amines) is 1. The van der Waals surface area contributed by atoms with Crippen LogP contribution < -0.4 is 10.0 Å². The van der Waals surface area contributed by atoms with Gasteiger partial charge >= 0.3 is 6.09 Å². The number of anilines is 2. The highest BCUT2D eigenvalue weighted by Gasteiger charge is 2.30. The zero-order valence-corrected chi connectivity index (χ0v) is 27.5. The molecular formula is C30H41FN6O4S2. The second-order valence-corrected chi connectivity index (χ2v) is 15.6. The van der Waals surface area contributed by atoms with Crippen molar-refractivity contribution in [2.45, 2.75) is 72.3 Å². The van der Waals surface area contributed by atoms with Crippen molar-refractivity contribution in [3.8, 4) is 21.8 Å². The van der Waals surface area contributed by atoms with Crippen molar-refractivity contribution < 1.29 is 22.3 Å². The Hall–Kier alpha value is -3.32. The third-order valence-corrected chi connectivity index (χ3v) is 9.62. The normalized spacial score (nSPS) is 15.9. The maximum Gasteiger partial charge on any atom is 0.410 e. The number of thiazole rings is 1. The number of halogens is 1. The van der Waals surface area contributed by atoms with Gasteiger partial charge in [0.2, 0.25) is 16.0 Å². The van der Waals surface area contributed by atoms with Gasteiger partial charge in [-0.1, -0.05) is 33.8 Å². The Morgan fingerprint density at radius 2 is 1.91 bits per heavy atom. The van der Waals surface area contributed by atoms with Crippen molar-refractivity contribution >= 4 is 39.1 Å². The lowest BCUT2D eigenvalue weighted by atomic mass is 9.98. The maximum absolute atomic E-state index is 15.8. The Kier molecular flexibility index (Phi) is 9.65. The zero-order chi connectivity index (χ0) is 31.6. The molecule has 0 spiro atoms. The summed E-state index contributed by atoms with van der Waals surface area (Å²) in [5.41, 5.74) is 0.155. The number of ether oxygens (including phenoxy) is 1. The minimum atomic E-state index is -3.69. The van der Waals surface area contributed by atoms with E-state index in [-0.39, 0.29) is 34.4 Å². The summed E-state index contributed by atoms with van der Waals surface area (Å²) in [6, 6.07) is 6.36. The van der Waals surface area contributed by atoms with E-state index in [1.165, 1.54) is 17.4 Å². The molecule has 0 aliphatic carbocycles. The van der Waals surface area contributed by atoms with Crippen molar-refractivity contribution in [2.24, 2.45) is 5.92 Å². The first kappa shape index (κ1) is 32.6. The molecule has 0 radical (unpaired) electrons. The highest BCUT2D eigenvalue weighted by molar-refractivity contribution is 7.92. The van der Waals surface area contributed by atoms with Crippen LogP contribution in [0.4, 0.5) is 20.8 Å². The van der Waals surface area contributed by atoms with E-state index in [0.29, 0.717) is 48.3 Å². The van der Waals surface area contributed by atoms with Crippen LogP contribution in [0, 0.1) is 11.7 Å². The van der Waals surface area contributed by atoms with Gasteiger partial charge in [-0.05, 0) is 57.7 Å². The summed E-state index contributed by atoms with van der Waals surface area (Å²) in [7, 11) is -3.69. The lowest BCUT2D eigenvalue weighted by Crippen LogP contribution is -2.35. The molecular weight excluding hydrogens is 592 g/mol. The number of hydrogen-bond donors (Lipinski definition) is 2. The van der Waals surface area contributed by atoms with Gasteiger partial charge in [0.15, 0.2) is 5.82 Å². The van der Waals surface area contributed by atoms with Crippen molar-refractivity contribution in [3.63, 3.8) is 0 Å². The number of rotatable bonds is 9. The molecule has 1 aliphatic rings. The minimum Gasteiger partial charge on any atom is -0.444 e. The van der Waals surface area contributed by atoms with Crippen LogP contribution >= 0.6 is 11.3 Å². The van der Waals surface area contributed by atoms with Crippen LogP contribution in [0.25, 0.3) is 21.8 Å². The summed E-state index contributed by atoms with van der Waals surface area (Å²) in [4.78, 5) is 28.7. The van der Waals surface area contributed by atoms with Crippen LogP contribution in [0.15, 0.2) is 30.5 Å². The number of nitrogens with one attached hydrogen (secondary N) is 2. The molecule has 2 aromatic heterocycles. The molecule has 13 heteroatoms. The molecule has 4 rings (SSSR count). The predicted octanol–water partition coefficient (Wildman–Crippen LogP) is 6.52. The predicted molar refractivity (Wildman–Crippen MR) is 169 cm³/mol. The van der Waals surface area contributed by atoms with Crippen LogP contribution in [0.2, 0.25) is 0 Å². The Balaban J connectivity index is 1.59. The van der Waals surface area contributed by atoms with E-state index >= 15 is 4.39 Å². The summed E-state index contributed by atoms with van der Waals surface area (Å²) in [5.74, 6) is -0.188. The number of carbonyl (C=O) groups is 1. The Labute approximate surface area is 257 Å². The van der Waals surface area contributed by atoms with Gasteiger partial charge in [0.25, 0.3) is 0 Å². The van der Waals surface area contributed by atoms with Crippen LogP contribution in [-0.2, 0) is 20.2 Å². The second-order valence-electron chi connectivity index (χ2n) is 12.8. The Morgan fingerprint density at radius 3 is 2.58 bits per heavy atom. The second kappa shape index (κ2) is 12.7. The highest BCUT2D eigenvalue weighted by atomic mass is 32.2. The van der Waals surface area contributed by atoms with Crippen molar-refractivity contribution in [1.29, 1.82) is 0 Å². The number of amides is 1. The summed E-state index contributed by atoms with van der Waals surface area (Å²) in [6.07, 6.45) is 2.57. The number of aromatic nitrogens is 3. The molecule has 0 unspecified atom stereocenters. The summed E-state index contributed by atoms with van der Waals surface area (Å²) in [5, 5.41) is 4.08. The third-order valence-electron chi connectivity index (χ3n) is 6.64. The SMILES string of the molecule is CCCS(=O)(=O)Nc1cccc(-c2nc(C(C)(C)C)sc2-c2ccnc(NC[C@@H]3CCN(C(=O)OC(C)(C)C)C3)n2)c1F. The smallest absolute Gasteiger partial charge is 0.410 e. The summed E-state index contributed by atoms with van der Waals surface area (Å²) >= 11 is 1.42. The van der Waals surface area contributed by atoms with Gasteiger partial charge in [-0.2, -0.15) is 0 Å². The largest absolute Gasteiger partial charge is 0.444 e. The van der Waals surface area contributed by atoms with E-state index < -0.39 is 21.4 Å². The standard InChI is InChI=1S/C30H41FN6O4S2/c1-8-16-43(39,40)36-21-11-9-10-20(23(21)31)24-25(42-26(35-24)29(2,3)4)22-12-14-32-27(34-22)33-17-19-13-15-37(18-19)28(38)41-30(5,6)7/h9-12,14,19,36H,8,13,15-18H2,1-7H3,(H,32,33,34)/t19-/m0/s1. The fourth-order valence-electron chi connectivity index (χ4n) is 4.58. The molecule has 0 saturated carbocycles. The van der Waals surface area contributed by atoms with Crippen molar-refractivity contribution in [1.82, 2.24) is 19.9 Å². The molecule has 2 N–H and O–H groups in total. The molecule has 1 saturated heterocycles. The van der Waals surface area contributed by atoms with Crippen molar-refractivity contribution in [3.05, 3.63) is 41.3 Å². The summed E-state index contributed by atoms with van der Waals surface area (Å²) < 4.78 is 48.5. The molecule has 1 atom stereocenters. The topological polar surface area (TPSA) is 126 Å². The van der Waals surface area contributed by atoms with E-state index in [9.17, 15) is 13.2 Å². The minimum absolute atomic E-state index is 0.108. The van der Waals surface area contributed by atoms with Gasteiger partial charge in [0, 0.05) is 36.8 Å². The maximum atomic E-state index is 15.8. The molecule has 3 aromatic rings. The van der Waals surface area contributed by atoms with Gasteiger partial charge < -0.3 is 15.0 Å². The number of hydrogen-bond acceptors (Lipinski definition) is 9. The van der Waals surface area contributed by atoms with E-state index in [2.05, 4.69) is 15.0 Å². The molecule has 1 aromatic carbocycles. The zero-order valence-electron chi connectivity index (χ0n) is 25.8. The molecule has 1 amide bonds. The van der Waals surface area contributed by atoms with Crippen LogP contribution in [0.1, 0.15) is 66.3 Å². The fourth-order valence-corrected chi connectivity index (χ4v) is 6.81. The van der Waals surface area contributed by atoms with Gasteiger partial charge in [-0.15, -0.1) is 11.3 Å². The molecule has 10 nitrogen and oxygen atoms in total. The molecule has 0 bridgehead atoms. The molecule has 1 aliphatic heterocycles. The van der Waals surface area contributed by atoms with Gasteiger partial charge in [0.1, 0.15) is 5.60 Å². The Bertz CT molecular complexity index is 1560. The molecule has 43 heavy (non-hydrogen) atoms. The number of benzene rings is 1. The molecule has 1 fully saturated rings. The first-order valence-corrected chi connectivity index (χ1v) is 16.9. The number of nitrogens with zero attached hydrogens (tertiary/aromatic N) is 4. The third kappa shape index (κ3) is 8.41. The van der Waals surface area contributed by atoms with E-state index in [1.807, 2.05) is 41.5 Å². The summed E-state index contributed by atoms with van der Waals surface area (Å²) in [6.45, 7) is 15.2. The van der Waals surface area contributed by atoms with Gasteiger partial charge in [-0.25, -0.2) is 32.6 Å². The van der Waals surface area contributed by atoms with Crippen LogP contribution in [0.5, 0.6) is 0 Å². The lowest BCUT2D eigenvalue weighted by molar-refractivity contribution is 0.0289. The van der Waals surface area contributed by atoms with Gasteiger partial charge in [-0.3, -0.25) is 4.72 Å². The fraction of sp³-hybridized carbons (Fsp3) is 0.533. The first-order valence-electron chi connectivity index (χ1n) is 14.4. The van der Waals surface area contributed by atoms with Crippen LogP contribution in [-0.4, -0.2) is 65.4 Å². The van der Waals surface area contributed by atoms with E-state index in [1.54, 1.807) is 36.2 Å². The van der Waals surface area contributed by atoms with E-state index in [0.717, 1.165) is 11.4 Å². The van der Waals surface area contributed by atoms with E-state index in [4.69, 9.17) is 14.7 Å². The number of carbonyl (C=O) groups excluding carboxylic acids is 1. The lowest BCUT2D eigenvalue weighted by Gasteiger charge is -2.24. The molecule has 234 valence electrons. The number of sulfonamides is 1. The quantitative estimate of drug-likeness (QED) is 0.273. The van der Waals surface area contributed by atoms with Crippen molar-refractivity contribution in [2.75, 3.05) is 35.4 Å². The molecule has 3 heterocycles. The average Bonchev–Trinajstić information content (AvgIpc) is 3.56. The monoisotopic (exact) mass is 632 g/mol. The average molecular weight is 633 g/mol. The highest BCUT2D eigenvalue weighted by Crippen LogP contribution is 2.42. The van der Waals surface area contributed by atoms with Gasteiger partial charge in [0.05, 0.1) is 32.7 Å².